The SMILES string of the molecule is Cc1ccc(S(=O)(=O)c2cccc(F)c2C2OCCO2)cc1. The molecule has 0 unspecified atom stereocenters. The molecule has 0 radical (unpaired) electrons. The summed E-state index contributed by atoms with van der Waals surface area (Å²) in [7, 11) is -3.85. The Balaban J connectivity index is 2.14. The normalized spacial score (nSPS) is 16.1. The van der Waals surface area contributed by atoms with Crippen molar-refractivity contribution in [3.63, 3.8) is 0 Å². The fourth-order valence-electron chi connectivity index (χ4n) is 2.35. The second-order valence-electron chi connectivity index (χ2n) is 5.04. The molecule has 0 amide bonds. The molecule has 0 aliphatic carbocycles. The van der Waals surface area contributed by atoms with E-state index in [0.29, 0.717) is 13.2 Å². The van der Waals surface area contributed by atoms with Gasteiger partial charge in [-0.25, -0.2) is 12.8 Å². The van der Waals surface area contributed by atoms with E-state index in [9.17, 15) is 12.8 Å². The molecule has 0 saturated carbocycles. The number of rotatable bonds is 3. The largest absolute Gasteiger partial charge is 0.346 e. The van der Waals surface area contributed by atoms with Crippen molar-refractivity contribution in [2.75, 3.05) is 13.2 Å². The summed E-state index contributed by atoms with van der Waals surface area (Å²) in [4.78, 5) is -0.00815. The van der Waals surface area contributed by atoms with Gasteiger partial charge in [-0.2, -0.15) is 0 Å². The predicted octanol–water partition coefficient (Wildman–Crippen LogP) is 3.01. The predicted molar refractivity (Wildman–Crippen MR) is 77.7 cm³/mol. The molecule has 2 aromatic rings. The molecule has 0 aromatic heterocycles. The van der Waals surface area contributed by atoms with Crippen LogP contribution in [0.2, 0.25) is 0 Å². The van der Waals surface area contributed by atoms with Gasteiger partial charge in [0, 0.05) is 0 Å². The van der Waals surface area contributed by atoms with Gasteiger partial charge in [0.15, 0.2) is 6.29 Å². The Kier molecular flexibility index (Phi) is 3.99. The minimum atomic E-state index is -3.85. The maximum absolute atomic E-state index is 14.2. The lowest BCUT2D eigenvalue weighted by molar-refractivity contribution is -0.0486. The molecule has 1 saturated heterocycles. The Morgan fingerprint density at radius 1 is 1.05 bits per heavy atom. The van der Waals surface area contributed by atoms with Crippen LogP contribution in [0.25, 0.3) is 0 Å². The van der Waals surface area contributed by atoms with Crippen LogP contribution in [0.15, 0.2) is 52.3 Å². The third-order valence-corrected chi connectivity index (χ3v) is 5.32. The number of benzene rings is 2. The molecule has 0 N–H and O–H groups in total. The van der Waals surface area contributed by atoms with Gasteiger partial charge in [-0.3, -0.25) is 0 Å². The van der Waals surface area contributed by atoms with Crippen LogP contribution in [0.3, 0.4) is 0 Å². The van der Waals surface area contributed by atoms with Crippen molar-refractivity contribution in [1.82, 2.24) is 0 Å². The summed E-state index contributed by atoms with van der Waals surface area (Å²) in [5, 5.41) is 0. The van der Waals surface area contributed by atoms with E-state index in [4.69, 9.17) is 9.47 Å². The molecule has 6 heteroatoms. The van der Waals surface area contributed by atoms with Gasteiger partial charge >= 0.3 is 0 Å². The van der Waals surface area contributed by atoms with Crippen molar-refractivity contribution in [3.05, 3.63) is 59.4 Å². The van der Waals surface area contributed by atoms with Crippen molar-refractivity contribution in [2.24, 2.45) is 0 Å². The summed E-state index contributed by atoms with van der Waals surface area (Å²) in [6, 6.07) is 10.4. The number of hydrogen-bond acceptors (Lipinski definition) is 4. The van der Waals surface area contributed by atoms with E-state index in [-0.39, 0.29) is 15.4 Å². The molecule has 1 aliphatic rings. The number of hydrogen-bond donors (Lipinski definition) is 0. The van der Waals surface area contributed by atoms with Crippen molar-refractivity contribution in [3.8, 4) is 0 Å². The van der Waals surface area contributed by atoms with Gasteiger partial charge in [-0.1, -0.05) is 23.8 Å². The van der Waals surface area contributed by atoms with Gasteiger partial charge in [-0.15, -0.1) is 0 Å². The second kappa shape index (κ2) is 5.79. The van der Waals surface area contributed by atoms with E-state index < -0.39 is 21.9 Å². The minimum absolute atomic E-state index is 0.0689. The van der Waals surface area contributed by atoms with Crippen molar-refractivity contribution in [1.29, 1.82) is 0 Å². The molecular formula is C16H15FO4S. The molecule has 4 nitrogen and oxygen atoms in total. The highest BCUT2D eigenvalue weighted by Gasteiger charge is 2.31. The molecule has 116 valence electrons. The maximum atomic E-state index is 14.2. The van der Waals surface area contributed by atoms with Gasteiger partial charge in [0.2, 0.25) is 9.84 Å². The van der Waals surface area contributed by atoms with Crippen molar-refractivity contribution >= 4 is 9.84 Å². The summed E-state index contributed by atoms with van der Waals surface area (Å²) < 4.78 is 50.3. The van der Waals surface area contributed by atoms with Crippen LogP contribution >= 0.6 is 0 Å². The third-order valence-electron chi connectivity index (χ3n) is 3.49. The van der Waals surface area contributed by atoms with Crippen molar-refractivity contribution in [2.45, 2.75) is 23.0 Å². The Bertz CT molecular complexity index is 778. The Morgan fingerprint density at radius 2 is 1.68 bits per heavy atom. The average Bonchev–Trinajstić information content (AvgIpc) is 3.01. The molecule has 1 aliphatic heterocycles. The number of ether oxygens (including phenoxy) is 2. The summed E-state index contributed by atoms with van der Waals surface area (Å²) in [6.45, 7) is 2.48. The van der Waals surface area contributed by atoms with Crippen LogP contribution < -0.4 is 0 Å². The summed E-state index contributed by atoms with van der Waals surface area (Å²) in [6.07, 6.45) is -0.989. The zero-order valence-corrected chi connectivity index (χ0v) is 12.8. The molecule has 1 fully saturated rings. The Labute approximate surface area is 128 Å². The van der Waals surface area contributed by atoms with Crippen LogP contribution in [0.5, 0.6) is 0 Å². The molecule has 0 bridgehead atoms. The van der Waals surface area contributed by atoms with Crippen LogP contribution in [0.1, 0.15) is 17.4 Å². The second-order valence-corrected chi connectivity index (χ2v) is 6.96. The van der Waals surface area contributed by atoms with Crippen LogP contribution in [0, 0.1) is 12.7 Å². The van der Waals surface area contributed by atoms with Gasteiger partial charge in [0.05, 0.1) is 28.6 Å². The van der Waals surface area contributed by atoms with E-state index in [1.54, 1.807) is 12.1 Å². The standard InChI is InChI=1S/C16H15FO4S/c1-11-5-7-12(8-6-11)22(18,19)14-4-2-3-13(17)15(14)16-20-9-10-21-16/h2-8,16H,9-10H2,1H3. The first kappa shape index (κ1) is 15.1. The molecule has 3 rings (SSSR count). The highest BCUT2D eigenvalue weighted by atomic mass is 32.2. The van der Waals surface area contributed by atoms with Gasteiger partial charge in [0.1, 0.15) is 5.82 Å². The monoisotopic (exact) mass is 322 g/mol. The fourth-order valence-corrected chi connectivity index (χ4v) is 3.84. The highest BCUT2D eigenvalue weighted by molar-refractivity contribution is 7.91. The van der Waals surface area contributed by atoms with Crippen LogP contribution in [0.4, 0.5) is 4.39 Å². The molecule has 0 spiro atoms. The molecule has 22 heavy (non-hydrogen) atoms. The highest BCUT2D eigenvalue weighted by Crippen LogP contribution is 2.34. The topological polar surface area (TPSA) is 52.6 Å². The van der Waals surface area contributed by atoms with Gasteiger partial charge in [0.25, 0.3) is 0 Å². The fraction of sp³-hybridized carbons (Fsp3) is 0.250. The smallest absolute Gasteiger partial charge is 0.207 e. The lowest BCUT2D eigenvalue weighted by Gasteiger charge is -2.16. The molecule has 2 aromatic carbocycles. The lowest BCUT2D eigenvalue weighted by atomic mass is 10.2. The minimum Gasteiger partial charge on any atom is -0.346 e. The summed E-state index contributed by atoms with van der Waals surface area (Å²) in [5.41, 5.74) is 0.876. The van der Waals surface area contributed by atoms with E-state index >= 15 is 0 Å². The Hall–Kier alpha value is -1.76. The summed E-state index contributed by atoms with van der Waals surface area (Å²) >= 11 is 0. The zero-order chi connectivity index (χ0) is 15.7. The summed E-state index contributed by atoms with van der Waals surface area (Å²) in [5.74, 6) is -0.653. The van der Waals surface area contributed by atoms with E-state index in [1.807, 2.05) is 6.92 Å². The zero-order valence-electron chi connectivity index (χ0n) is 12.0. The molecule has 1 heterocycles. The van der Waals surface area contributed by atoms with Crippen LogP contribution in [-0.2, 0) is 19.3 Å². The van der Waals surface area contributed by atoms with E-state index in [0.717, 1.165) is 5.56 Å². The first-order valence-electron chi connectivity index (χ1n) is 6.83. The number of halogens is 1. The van der Waals surface area contributed by atoms with Crippen molar-refractivity contribution < 1.29 is 22.3 Å². The van der Waals surface area contributed by atoms with Gasteiger partial charge < -0.3 is 9.47 Å². The average molecular weight is 322 g/mol. The van der Waals surface area contributed by atoms with E-state index in [2.05, 4.69) is 0 Å². The first-order valence-corrected chi connectivity index (χ1v) is 8.32. The molecule has 0 atom stereocenters. The maximum Gasteiger partial charge on any atom is 0.207 e. The Morgan fingerprint density at radius 3 is 2.32 bits per heavy atom. The third kappa shape index (κ3) is 2.65. The number of sulfone groups is 1. The first-order chi connectivity index (χ1) is 10.5. The number of aryl methyl sites for hydroxylation is 1. The van der Waals surface area contributed by atoms with E-state index in [1.165, 1.54) is 30.3 Å². The van der Waals surface area contributed by atoms with Gasteiger partial charge in [-0.05, 0) is 31.2 Å². The molecular weight excluding hydrogens is 307 g/mol. The lowest BCUT2D eigenvalue weighted by Crippen LogP contribution is -2.11. The van der Waals surface area contributed by atoms with Crippen LogP contribution in [-0.4, -0.2) is 21.6 Å². The quantitative estimate of drug-likeness (QED) is 0.872.